The highest BCUT2D eigenvalue weighted by Gasteiger charge is 2.50. The van der Waals surface area contributed by atoms with E-state index in [1.165, 1.54) is 6.33 Å². The summed E-state index contributed by atoms with van der Waals surface area (Å²) in [7, 11) is 3.54. The monoisotopic (exact) mass is 373 g/mol. The number of carbonyl (C=O) groups is 1. The van der Waals surface area contributed by atoms with Crippen LogP contribution in [0, 0.1) is 0 Å². The molecule has 4 rings (SSSR count). The van der Waals surface area contributed by atoms with Gasteiger partial charge in [-0.15, -0.1) is 0 Å². The van der Waals surface area contributed by atoms with Crippen LogP contribution in [0.15, 0.2) is 35.2 Å². The van der Waals surface area contributed by atoms with E-state index in [-0.39, 0.29) is 17.6 Å². The van der Waals surface area contributed by atoms with Crippen LogP contribution in [0.25, 0.3) is 0 Å². The third kappa shape index (κ3) is 3.60. The quantitative estimate of drug-likeness (QED) is 0.799. The van der Waals surface area contributed by atoms with Crippen molar-refractivity contribution in [1.29, 1.82) is 0 Å². The molecule has 0 aliphatic carbocycles. The van der Waals surface area contributed by atoms with Crippen LogP contribution in [0.2, 0.25) is 0 Å². The first-order valence-electron chi connectivity index (χ1n) is 8.84. The number of likely N-dealkylation sites (N-methyl/N-ethyl adjacent to an activating group) is 1. The van der Waals surface area contributed by atoms with Gasteiger partial charge in [-0.1, -0.05) is 0 Å². The summed E-state index contributed by atoms with van der Waals surface area (Å²) in [5, 5.41) is 2.90. The average molecular weight is 373 g/mol. The van der Waals surface area contributed by atoms with E-state index in [0.717, 1.165) is 24.7 Å². The first kappa shape index (κ1) is 17.7. The molecule has 2 saturated heterocycles. The molecule has 1 spiro atoms. The lowest BCUT2D eigenvalue weighted by molar-refractivity contribution is -0.157. The van der Waals surface area contributed by atoms with Crippen molar-refractivity contribution in [2.75, 3.05) is 45.3 Å². The van der Waals surface area contributed by atoms with Crippen molar-refractivity contribution in [2.45, 2.75) is 18.2 Å². The van der Waals surface area contributed by atoms with Crippen LogP contribution in [0.3, 0.4) is 0 Å². The average Bonchev–Trinajstić information content (AvgIpc) is 3.17. The molecule has 1 atom stereocenters. The second kappa shape index (κ2) is 7.16. The van der Waals surface area contributed by atoms with Gasteiger partial charge in [-0.05, 0) is 19.2 Å². The van der Waals surface area contributed by atoms with E-state index in [2.05, 4.69) is 25.1 Å². The second-order valence-electron chi connectivity index (χ2n) is 7.00. The SMILES string of the molecule is COc1cc(N2CC3(C2)CN(C)C(C(=O)NCc2ccco2)CO3)ncn1. The Bertz CT molecular complexity index is 791. The van der Waals surface area contributed by atoms with Crippen LogP contribution < -0.4 is 15.0 Å². The Morgan fingerprint density at radius 1 is 1.41 bits per heavy atom. The number of ether oxygens (including phenoxy) is 2. The summed E-state index contributed by atoms with van der Waals surface area (Å²) < 4.78 is 16.5. The zero-order valence-electron chi connectivity index (χ0n) is 15.4. The topological polar surface area (TPSA) is 93.0 Å². The van der Waals surface area contributed by atoms with Gasteiger partial charge in [0.2, 0.25) is 11.8 Å². The summed E-state index contributed by atoms with van der Waals surface area (Å²) in [4.78, 5) is 25.0. The van der Waals surface area contributed by atoms with Gasteiger partial charge in [0, 0.05) is 12.6 Å². The van der Waals surface area contributed by atoms with Gasteiger partial charge >= 0.3 is 0 Å². The number of nitrogens with one attached hydrogen (secondary N) is 1. The fourth-order valence-electron chi connectivity index (χ4n) is 3.59. The standard InChI is InChI=1S/C18H23N5O4/c1-22-9-18(10-23(11-18)15-6-16(25-2)21-12-20-15)27-8-14(22)17(24)19-7-13-4-3-5-26-13/h3-6,12,14H,7-11H2,1-2H3,(H,19,24). The zero-order chi connectivity index (χ0) is 18.9. The summed E-state index contributed by atoms with van der Waals surface area (Å²) in [6.07, 6.45) is 3.09. The fraction of sp³-hybridized carbons (Fsp3) is 0.500. The van der Waals surface area contributed by atoms with E-state index in [1.807, 2.05) is 19.2 Å². The van der Waals surface area contributed by atoms with E-state index in [0.29, 0.717) is 25.6 Å². The Labute approximate surface area is 157 Å². The molecule has 2 aromatic rings. The molecule has 27 heavy (non-hydrogen) atoms. The maximum Gasteiger partial charge on any atom is 0.240 e. The maximum absolute atomic E-state index is 12.5. The lowest BCUT2D eigenvalue weighted by Gasteiger charge is -2.55. The molecule has 144 valence electrons. The van der Waals surface area contributed by atoms with Crippen LogP contribution in [0.5, 0.6) is 5.88 Å². The van der Waals surface area contributed by atoms with Crippen LogP contribution in [0.4, 0.5) is 5.82 Å². The maximum atomic E-state index is 12.5. The summed E-state index contributed by atoms with van der Waals surface area (Å²) in [5.74, 6) is 2.03. The van der Waals surface area contributed by atoms with Gasteiger partial charge in [0.25, 0.3) is 0 Å². The number of morpholine rings is 1. The van der Waals surface area contributed by atoms with Gasteiger partial charge in [0.15, 0.2) is 0 Å². The molecule has 4 heterocycles. The number of anilines is 1. The lowest BCUT2D eigenvalue weighted by atomic mass is 9.90. The summed E-state index contributed by atoms with van der Waals surface area (Å²) in [6, 6.07) is 5.14. The smallest absolute Gasteiger partial charge is 0.240 e. The van der Waals surface area contributed by atoms with Crippen molar-refractivity contribution in [2.24, 2.45) is 0 Å². The highest BCUT2D eigenvalue weighted by Crippen LogP contribution is 2.33. The van der Waals surface area contributed by atoms with Crippen LogP contribution in [0.1, 0.15) is 5.76 Å². The minimum absolute atomic E-state index is 0.0551. The van der Waals surface area contributed by atoms with Gasteiger partial charge in [0.1, 0.15) is 29.5 Å². The molecular weight excluding hydrogens is 350 g/mol. The fourth-order valence-corrected chi connectivity index (χ4v) is 3.59. The molecule has 9 nitrogen and oxygen atoms in total. The van der Waals surface area contributed by atoms with Gasteiger partial charge in [-0.2, -0.15) is 0 Å². The van der Waals surface area contributed by atoms with E-state index in [1.54, 1.807) is 19.4 Å². The highest BCUT2D eigenvalue weighted by molar-refractivity contribution is 5.82. The zero-order valence-corrected chi connectivity index (χ0v) is 15.4. The number of hydrogen-bond acceptors (Lipinski definition) is 8. The summed E-state index contributed by atoms with van der Waals surface area (Å²) >= 11 is 0. The summed E-state index contributed by atoms with van der Waals surface area (Å²) in [6.45, 7) is 2.87. The molecule has 0 saturated carbocycles. The molecule has 1 unspecified atom stereocenters. The molecule has 0 radical (unpaired) electrons. The van der Waals surface area contributed by atoms with Crippen molar-refractivity contribution < 1.29 is 18.7 Å². The van der Waals surface area contributed by atoms with Crippen molar-refractivity contribution in [3.05, 3.63) is 36.5 Å². The third-order valence-corrected chi connectivity index (χ3v) is 5.06. The molecule has 9 heteroatoms. The number of furan rings is 1. The summed E-state index contributed by atoms with van der Waals surface area (Å²) in [5.41, 5.74) is -0.273. The predicted molar refractivity (Wildman–Crippen MR) is 96.5 cm³/mol. The molecule has 0 aromatic carbocycles. The van der Waals surface area contributed by atoms with E-state index in [9.17, 15) is 4.79 Å². The molecule has 2 aromatic heterocycles. The Kier molecular flexibility index (Phi) is 4.71. The second-order valence-corrected chi connectivity index (χ2v) is 7.00. The van der Waals surface area contributed by atoms with E-state index in [4.69, 9.17) is 13.9 Å². The Morgan fingerprint density at radius 3 is 2.96 bits per heavy atom. The molecule has 0 bridgehead atoms. The molecular formula is C18H23N5O4. The van der Waals surface area contributed by atoms with Crippen molar-refractivity contribution >= 4 is 11.7 Å². The van der Waals surface area contributed by atoms with Crippen molar-refractivity contribution in [1.82, 2.24) is 20.2 Å². The van der Waals surface area contributed by atoms with Crippen molar-refractivity contribution in [3.8, 4) is 5.88 Å². The first-order chi connectivity index (χ1) is 13.1. The Balaban J connectivity index is 1.30. The number of rotatable bonds is 5. The number of carbonyl (C=O) groups excluding carboxylic acids is 1. The first-order valence-corrected chi connectivity index (χ1v) is 8.84. The van der Waals surface area contributed by atoms with Crippen LogP contribution in [-0.2, 0) is 16.1 Å². The van der Waals surface area contributed by atoms with Gasteiger partial charge < -0.3 is 24.1 Å². The number of nitrogens with zero attached hydrogens (tertiary/aromatic N) is 4. The minimum Gasteiger partial charge on any atom is -0.481 e. The molecule has 1 N–H and O–H groups in total. The lowest BCUT2D eigenvalue weighted by Crippen LogP contribution is -2.72. The van der Waals surface area contributed by atoms with Gasteiger partial charge in [-0.3, -0.25) is 9.69 Å². The molecule has 1 amide bonds. The number of methoxy groups -OCH3 is 1. The third-order valence-electron chi connectivity index (χ3n) is 5.06. The van der Waals surface area contributed by atoms with Gasteiger partial charge in [0.05, 0.1) is 39.6 Å². The molecule has 2 fully saturated rings. The number of amides is 1. The van der Waals surface area contributed by atoms with Gasteiger partial charge in [-0.25, -0.2) is 9.97 Å². The van der Waals surface area contributed by atoms with Crippen LogP contribution >= 0.6 is 0 Å². The van der Waals surface area contributed by atoms with E-state index < -0.39 is 0 Å². The van der Waals surface area contributed by atoms with E-state index >= 15 is 0 Å². The number of aromatic nitrogens is 2. The minimum atomic E-state index is -0.307. The normalized spacial score (nSPS) is 21.7. The molecule has 2 aliphatic rings. The number of hydrogen-bond donors (Lipinski definition) is 1. The predicted octanol–water partition coefficient (Wildman–Crippen LogP) is 0.284. The Morgan fingerprint density at radius 2 is 2.26 bits per heavy atom. The highest BCUT2D eigenvalue weighted by atomic mass is 16.5. The van der Waals surface area contributed by atoms with Crippen molar-refractivity contribution in [3.63, 3.8) is 0 Å². The Hall–Kier alpha value is -2.65. The molecule has 2 aliphatic heterocycles. The van der Waals surface area contributed by atoms with Crippen LogP contribution in [-0.4, -0.2) is 72.8 Å². The largest absolute Gasteiger partial charge is 0.481 e.